The molecule has 4 rings (SSSR count). The van der Waals surface area contributed by atoms with Crippen LogP contribution in [0.3, 0.4) is 0 Å². The molecular weight excluding hydrogens is 410 g/mol. The highest BCUT2D eigenvalue weighted by Gasteiger charge is 2.25. The molecule has 2 aromatic carbocycles. The summed E-state index contributed by atoms with van der Waals surface area (Å²) in [5.41, 5.74) is 10.7. The molecule has 8 heteroatoms. The maximum Gasteiger partial charge on any atom is 0.227 e. The second kappa shape index (κ2) is 8.19. The summed E-state index contributed by atoms with van der Waals surface area (Å²) in [6, 6.07) is 13.2. The Hall–Kier alpha value is -3.13. The highest BCUT2D eigenvalue weighted by atomic mass is 32.2. The number of hydrogen-bond acceptors (Lipinski definition) is 7. The fraction of sp³-hybridized carbons (Fsp3) is 0.304. The van der Waals surface area contributed by atoms with Crippen LogP contribution in [-0.2, 0) is 9.84 Å². The number of piperazine rings is 1. The van der Waals surface area contributed by atoms with E-state index in [1.165, 1.54) is 23.0 Å². The van der Waals surface area contributed by atoms with E-state index >= 15 is 0 Å². The third-order valence-electron chi connectivity index (χ3n) is 5.63. The fourth-order valence-corrected chi connectivity index (χ4v) is 5.22. The zero-order valence-electron chi connectivity index (χ0n) is 18.0. The molecule has 0 radical (unpaired) electrons. The highest BCUT2D eigenvalue weighted by Crippen LogP contribution is 2.27. The Labute approximate surface area is 183 Å². The van der Waals surface area contributed by atoms with Crippen molar-refractivity contribution in [2.75, 3.05) is 41.7 Å². The van der Waals surface area contributed by atoms with Gasteiger partial charge in [0.15, 0.2) is 0 Å². The van der Waals surface area contributed by atoms with E-state index in [0.717, 1.165) is 31.7 Å². The molecule has 1 saturated heterocycles. The topological polar surface area (TPSA) is 92.4 Å². The van der Waals surface area contributed by atoms with Gasteiger partial charge in [0.1, 0.15) is 10.7 Å². The lowest BCUT2D eigenvalue weighted by Gasteiger charge is -2.37. The molecule has 1 aliphatic heterocycles. The summed E-state index contributed by atoms with van der Waals surface area (Å²) in [5, 5.41) is 0. The molecule has 1 aromatic heterocycles. The van der Waals surface area contributed by atoms with Gasteiger partial charge in [0.2, 0.25) is 15.8 Å². The van der Waals surface area contributed by atoms with Crippen molar-refractivity contribution < 1.29 is 8.42 Å². The van der Waals surface area contributed by atoms with Crippen molar-refractivity contribution in [1.82, 2.24) is 9.97 Å². The number of aromatic nitrogens is 2. The Balaban J connectivity index is 1.52. The molecule has 0 spiro atoms. The van der Waals surface area contributed by atoms with Crippen LogP contribution in [0, 0.1) is 20.8 Å². The zero-order chi connectivity index (χ0) is 22.2. The number of benzene rings is 2. The summed E-state index contributed by atoms with van der Waals surface area (Å²) in [4.78, 5) is 13.2. The Morgan fingerprint density at radius 1 is 0.903 bits per heavy atom. The van der Waals surface area contributed by atoms with Gasteiger partial charge in [-0.3, -0.25) is 0 Å². The van der Waals surface area contributed by atoms with Gasteiger partial charge in [-0.1, -0.05) is 24.3 Å². The lowest BCUT2D eigenvalue weighted by atomic mass is 10.1. The van der Waals surface area contributed by atoms with Crippen LogP contribution in [0.5, 0.6) is 0 Å². The minimum Gasteiger partial charge on any atom is -0.382 e. The second-order valence-corrected chi connectivity index (χ2v) is 9.92. The summed E-state index contributed by atoms with van der Waals surface area (Å²) in [6.07, 6.45) is 1.33. The van der Waals surface area contributed by atoms with Crippen LogP contribution in [0.2, 0.25) is 0 Å². The maximum atomic E-state index is 13.0. The minimum absolute atomic E-state index is 0.0246. The molecule has 7 nitrogen and oxygen atoms in total. The van der Waals surface area contributed by atoms with Crippen LogP contribution in [0.25, 0.3) is 0 Å². The summed E-state index contributed by atoms with van der Waals surface area (Å²) in [5.74, 6) is 0.435. The Morgan fingerprint density at radius 3 is 2.26 bits per heavy atom. The standard InChI is InChI=1S/C23H27N5O2S/c1-16-5-4-6-19(13-16)31(29,30)21-15-25-23(26-22(21)24)28-11-9-27(10-12-28)20-14-17(2)7-8-18(20)3/h4-8,13-15H,9-12H2,1-3H3,(H2,24,25,26). The molecule has 1 fully saturated rings. The quantitative estimate of drug-likeness (QED) is 0.670. The Morgan fingerprint density at radius 2 is 1.58 bits per heavy atom. The number of anilines is 3. The van der Waals surface area contributed by atoms with Crippen molar-refractivity contribution >= 4 is 27.3 Å². The molecule has 0 aliphatic carbocycles. The van der Waals surface area contributed by atoms with Gasteiger partial charge in [-0.05, 0) is 55.7 Å². The molecule has 162 valence electrons. The molecule has 0 bridgehead atoms. The molecule has 2 N–H and O–H groups in total. The molecule has 0 unspecified atom stereocenters. The van der Waals surface area contributed by atoms with Crippen molar-refractivity contribution in [2.45, 2.75) is 30.6 Å². The lowest BCUT2D eigenvalue weighted by molar-refractivity contribution is 0.595. The Bertz CT molecular complexity index is 1220. The number of nitrogens with zero attached hydrogens (tertiary/aromatic N) is 4. The monoisotopic (exact) mass is 437 g/mol. The summed E-state index contributed by atoms with van der Waals surface area (Å²) < 4.78 is 25.9. The van der Waals surface area contributed by atoms with Crippen LogP contribution in [0.4, 0.5) is 17.5 Å². The number of nitrogens with two attached hydrogens (primary N) is 1. The number of sulfone groups is 1. The number of nitrogen functional groups attached to an aromatic ring is 1. The van der Waals surface area contributed by atoms with Gasteiger partial charge in [-0.15, -0.1) is 0 Å². The van der Waals surface area contributed by atoms with E-state index in [2.05, 4.69) is 46.9 Å². The lowest BCUT2D eigenvalue weighted by Crippen LogP contribution is -2.47. The van der Waals surface area contributed by atoms with Gasteiger partial charge in [0, 0.05) is 31.9 Å². The molecule has 31 heavy (non-hydrogen) atoms. The van der Waals surface area contributed by atoms with Crippen LogP contribution < -0.4 is 15.5 Å². The second-order valence-electron chi connectivity index (χ2n) is 8.00. The predicted octanol–water partition coefficient (Wildman–Crippen LogP) is 3.14. The van der Waals surface area contributed by atoms with Crippen LogP contribution in [0.1, 0.15) is 16.7 Å². The predicted molar refractivity (Wildman–Crippen MR) is 123 cm³/mol. The van der Waals surface area contributed by atoms with Gasteiger partial charge in [0.05, 0.1) is 11.1 Å². The van der Waals surface area contributed by atoms with Crippen LogP contribution in [-0.4, -0.2) is 44.6 Å². The number of hydrogen-bond donors (Lipinski definition) is 1. The zero-order valence-corrected chi connectivity index (χ0v) is 18.9. The number of rotatable bonds is 4. The molecular formula is C23H27N5O2S. The van der Waals surface area contributed by atoms with Gasteiger partial charge >= 0.3 is 0 Å². The van der Waals surface area contributed by atoms with Crippen LogP contribution >= 0.6 is 0 Å². The van der Waals surface area contributed by atoms with Gasteiger partial charge in [0.25, 0.3) is 0 Å². The summed E-state index contributed by atoms with van der Waals surface area (Å²) >= 11 is 0. The molecule has 0 atom stereocenters. The third-order valence-corrected chi connectivity index (χ3v) is 7.40. The summed E-state index contributed by atoms with van der Waals surface area (Å²) in [7, 11) is -3.77. The van der Waals surface area contributed by atoms with Crippen molar-refractivity contribution in [3.63, 3.8) is 0 Å². The molecule has 2 heterocycles. The van der Waals surface area contributed by atoms with Crippen molar-refractivity contribution in [3.05, 3.63) is 65.4 Å². The first-order chi connectivity index (χ1) is 14.8. The van der Waals surface area contributed by atoms with E-state index in [1.807, 2.05) is 17.9 Å². The van der Waals surface area contributed by atoms with Gasteiger partial charge < -0.3 is 15.5 Å². The average Bonchev–Trinajstić information content (AvgIpc) is 2.75. The first kappa shape index (κ1) is 21.1. The average molecular weight is 438 g/mol. The smallest absolute Gasteiger partial charge is 0.227 e. The Kier molecular flexibility index (Phi) is 5.58. The third kappa shape index (κ3) is 4.20. The molecule has 1 aliphatic rings. The largest absolute Gasteiger partial charge is 0.382 e. The van der Waals surface area contributed by atoms with E-state index in [9.17, 15) is 8.42 Å². The minimum atomic E-state index is -3.77. The maximum absolute atomic E-state index is 13.0. The number of aryl methyl sites for hydroxylation is 3. The highest BCUT2D eigenvalue weighted by molar-refractivity contribution is 7.91. The van der Waals surface area contributed by atoms with E-state index in [-0.39, 0.29) is 15.6 Å². The van der Waals surface area contributed by atoms with Crippen molar-refractivity contribution in [1.29, 1.82) is 0 Å². The first-order valence-corrected chi connectivity index (χ1v) is 11.8. The van der Waals surface area contributed by atoms with Gasteiger partial charge in [-0.25, -0.2) is 13.4 Å². The SMILES string of the molecule is Cc1cccc(S(=O)(=O)c2cnc(N3CCN(c4cc(C)ccc4C)CC3)nc2N)c1. The van der Waals surface area contributed by atoms with Gasteiger partial charge in [-0.2, -0.15) is 4.98 Å². The van der Waals surface area contributed by atoms with Crippen molar-refractivity contribution in [2.24, 2.45) is 0 Å². The normalized spacial score (nSPS) is 14.7. The fourth-order valence-electron chi connectivity index (χ4n) is 3.85. The molecule has 0 saturated carbocycles. The molecule has 3 aromatic rings. The van der Waals surface area contributed by atoms with Crippen LogP contribution in [0.15, 0.2) is 58.5 Å². The molecule has 0 amide bonds. The summed E-state index contributed by atoms with van der Waals surface area (Å²) in [6.45, 7) is 9.20. The first-order valence-electron chi connectivity index (χ1n) is 10.3. The van der Waals surface area contributed by atoms with E-state index < -0.39 is 9.84 Å². The van der Waals surface area contributed by atoms with E-state index in [4.69, 9.17) is 5.73 Å². The van der Waals surface area contributed by atoms with E-state index in [1.54, 1.807) is 18.2 Å². The van der Waals surface area contributed by atoms with Crippen molar-refractivity contribution in [3.8, 4) is 0 Å². The van der Waals surface area contributed by atoms with E-state index in [0.29, 0.717) is 5.95 Å².